The van der Waals surface area contributed by atoms with Crippen molar-refractivity contribution in [3.05, 3.63) is 72.8 Å². The van der Waals surface area contributed by atoms with Gasteiger partial charge in [-0.05, 0) is 21.5 Å². The van der Waals surface area contributed by atoms with E-state index in [1.54, 1.807) is 0 Å². The van der Waals surface area contributed by atoms with E-state index in [1.165, 1.54) is 21.5 Å². The van der Waals surface area contributed by atoms with E-state index in [0.717, 1.165) is 0 Å². The summed E-state index contributed by atoms with van der Waals surface area (Å²) in [4.78, 5) is 0. The Balaban J connectivity index is 2.48. The van der Waals surface area contributed by atoms with Gasteiger partial charge in [0.15, 0.2) is 0 Å². The van der Waals surface area contributed by atoms with Crippen LogP contribution in [0.5, 0.6) is 0 Å². The first-order valence-electron chi connectivity index (χ1n) is 5.47. The number of rotatable bonds is 0. The molecular formula is C16H12. The lowest BCUT2D eigenvalue weighted by Crippen LogP contribution is -1.69. The molecule has 4 aromatic carbocycles. The number of hydrogen-bond donors (Lipinski definition) is 0. The largest absolute Gasteiger partial charge is 0.0616 e. The van der Waals surface area contributed by atoms with Crippen molar-refractivity contribution < 1.29 is 0 Å². The van der Waals surface area contributed by atoms with Crippen LogP contribution in [0.4, 0.5) is 0 Å². The van der Waals surface area contributed by atoms with Crippen LogP contribution in [-0.2, 0) is 0 Å². The van der Waals surface area contributed by atoms with E-state index in [9.17, 15) is 0 Å². The molecule has 16 heavy (non-hydrogen) atoms. The Kier molecular flexibility index (Phi) is 2.19. The van der Waals surface area contributed by atoms with Crippen LogP contribution in [0.15, 0.2) is 72.8 Å². The molecule has 0 N–H and O–H groups in total. The van der Waals surface area contributed by atoms with Crippen molar-refractivity contribution in [3.8, 4) is 0 Å². The molecule has 0 amide bonds. The van der Waals surface area contributed by atoms with Crippen LogP contribution in [0.2, 0.25) is 0 Å². The molecule has 0 unspecified atom stereocenters. The Morgan fingerprint density at radius 1 is 0.375 bits per heavy atom. The molecule has 0 aromatic heterocycles. The molecule has 0 aliphatic rings. The summed E-state index contributed by atoms with van der Waals surface area (Å²) in [6.45, 7) is 0. The van der Waals surface area contributed by atoms with Gasteiger partial charge >= 0.3 is 0 Å². The first kappa shape index (κ1) is 9.17. The molecule has 0 heterocycles. The lowest BCUT2D eigenvalue weighted by atomic mass is 10.1. The van der Waals surface area contributed by atoms with Crippen molar-refractivity contribution in [1.82, 2.24) is 0 Å². The highest BCUT2D eigenvalue weighted by Crippen LogP contribution is 2.13. The molecule has 0 aliphatic heterocycles. The quantitative estimate of drug-likeness (QED) is 0.503. The van der Waals surface area contributed by atoms with Gasteiger partial charge in [0.25, 0.3) is 0 Å². The Morgan fingerprint density at radius 3 is 1.19 bits per heavy atom. The summed E-state index contributed by atoms with van der Waals surface area (Å²) in [7, 11) is 0. The van der Waals surface area contributed by atoms with Crippen molar-refractivity contribution in [3.63, 3.8) is 0 Å². The second-order valence-electron chi connectivity index (χ2n) is 3.96. The Labute approximate surface area is 94.8 Å². The van der Waals surface area contributed by atoms with Crippen molar-refractivity contribution in [1.29, 1.82) is 0 Å². The third kappa shape index (κ3) is 1.70. The van der Waals surface area contributed by atoms with Crippen LogP contribution >= 0.6 is 0 Å². The monoisotopic (exact) mass is 204 g/mol. The van der Waals surface area contributed by atoms with Gasteiger partial charge in [0.2, 0.25) is 0 Å². The van der Waals surface area contributed by atoms with Crippen LogP contribution in [-0.4, -0.2) is 0 Å². The minimum Gasteiger partial charge on any atom is -0.0616 e. The van der Waals surface area contributed by atoms with E-state index in [1.807, 2.05) is 0 Å². The number of benzene rings is 2. The van der Waals surface area contributed by atoms with Crippen LogP contribution in [0.3, 0.4) is 0 Å². The lowest BCUT2D eigenvalue weighted by molar-refractivity contribution is 1.76. The maximum atomic E-state index is 2.17. The van der Waals surface area contributed by atoms with Gasteiger partial charge in [-0.25, -0.2) is 0 Å². The van der Waals surface area contributed by atoms with Crippen molar-refractivity contribution in [2.75, 3.05) is 0 Å². The summed E-state index contributed by atoms with van der Waals surface area (Å²) >= 11 is 0. The molecular weight excluding hydrogens is 192 g/mol. The second kappa shape index (κ2) is 3.82. The summed E-state index contributed by atoms with van der Waals surface area (Å²) in [5.74, 6) is 0. The fourth-order valence-corrected chi connectivity index (χ4v) is 1.90. The van der Waals surface area contributed by atoms with E-state index in [0.29, 0.717) is 0 Å². The third-order valence-electron chi connectivity index (χ3n) is 2.84. The van der Waals surface area contributed by atoms with Gasteiger partial charge in [-0.3, -0.25) is 0 Å². The highest BCUT2D eigenvalue weighted by Gasteiger charge is 1.87. The van der Waals surface area contributed by atoms with Crippen molar-refractivity contribution in [2.45, 2.75) is 0 Å². The maximum Gasteiger partial charge on any atom is -0.0184 e. The van der Waals surface area contributed by atoms with Gasteiger partial charge in [0.1, 0.15) is 0 Å². The van der Waals surface area contributed by atoms with E-state index in [4.69, 9.17) is 0 Å². The standard InChI is InChI=1S/C16H12/c1-2-4-16-12-10-14-7-5-13(6-8-14)9-11-15(16)3-1/h1-12H. The maximum absolute atomic E-state index is 2.17. The van der Waals surface area contributed by atoms with E-state index in [-0.39, 0.29) is 0 Å². The first-order valence-corrected chi connectivity index (χ1v) is 5.47. The molecule has 76 valence electrons. The Morgan fingerprint density at radius 2 is 0.750 bits per heavy atom. The molecule has 0 fully saturated rings. The van der Waals surface area contributed by atoms with Crippen LogP contribution < -0.4 is 0 Å². The molecule has 4 rings (SSSR count). The summed E-state index contributed by atoms with van der Waals surface area (Å²) in [5.41, 5.74) is 0. The molecule has 0 nitrogen and oxygen atoms in total. The van der Waals surface area contributed by atoms with Crippen molar-refractivity contribution in [2.24, 2.45) is 0 Å². The SMILES string of the molecule is c1ccc2ccc3ccc(cc3)ccc2c1. The van der Waals surface area contributed by atoms with Gasteiger partial charge in [-0.1, -0.05) is 72.8 Å². The highest BCUT2D eigenvalue weighted by atomic mass is 13.9. The van der Waals surface area contributed by atoms with Crippen LogP contribution in [0.1, 0.15) is 0 Å². The van der Waals surface area contributed by atoms with Crippen LogP contribution in [0, 0.1) is 0 Å². The summed E-state index contributed by atoms with van der Waals surface area (Å²) in [5, 5.41) is 5.02. The fraction of sp³-hybridized carbons (Fsp3) is 0. The molecule has 0 spiro atoms. The third-order valence-corrected chi connectivity index (χ3v) is 2.84. The molecule has 4 aromatic rings. The summed E-state index contributed by atoms with van der Waals surface area (Å²) in [6.07, 6.45) is 0. The Bertz CT molecular complexity index is 587. The average molecular weight is 204 g/mol. The smallest absolute Gasteiger partial charge is 0.0184 e. The van der Waals surface area contributed by atoms with E-state index < -0.39 is 0 Å². The zero-order chi connectivity index (χ0) is 10.8. The van der Waals surface area contributed by atoms with Crippen LogP contribution in [0.25, 0.3) is 21.5 Å². The van der Waals surface area contributed by atoms with E-state index in [2.05, 4.69) is 72.8 Å². The fourth-order valence-electron chi connectivity index (χ4n) is 1.90. The van der Waals surface area contributed by atoms with Gasteiger partial charge in [-0.2, -0.15) is 0 Å². The first-order chi connectivity index (χ1) is 7.92. The zero-order valence-corrected chi connectivity index (χ0v) is 8.93. The molecule has 0 saturated carbocycles. The average Bonchev–Trinajstić information content (AvgIpc) is 2.37. The predicted octanol–water partition coefficient (Wildman–Crippen LogP) is 4.56. The second-order valence-corrected chi connectivity index (χ2v) is 3.96. The van der Waals surface area contributed by atoms with Gasteiger partial charge in [-0.15, -0.1) is 0 Å². The predicted molar refractivity (Wildman–Crippen MR) is 70.3 cm³/mol. The normalized spacial score (nSPS) is 10.5. The minimum atomic E-state index is 1.24. The Hall–Kier alpha value is -2.08. The topological polar surface area (TPSA) is 0 Å². The van der Waals surface area contributed by atoms with Crippen molar-refractivity contribution >= 4 is 21.5 Å². The molecule has 0 atom stereocenters. The summed E-state index contributed by atoms with van der Waals surface area (Å²) < 4.78 is 0. The molecule has 0 saturated heterocycles. The van der Waals surface area contributed by atoms with Gasteiger partial charge < -0.3 is 0 Å². The number of hydrogen-bond acceptors (Lipinski definition) is 0. The molecule has 0 radical (unpaired) electrons. The van der Waals surface area contributed by atoms with E-state index >= 15 is 0 Å². The molecule has 0 aliphatic carbocycles. The molecule has 2 bridgehead atoms. The number of fused-ring (bicyclic) bond motifs is 4. The zero-order valence-electron chi connectivity index (χ0n) is 8.93. The minimum absolute atomic E-state index is 1.24. The lowest BCUT2D eigenvalue weighted by Gasteiger charge is -1.94. The molecule has 0 heteroatoms. The van der Waals surface area contributed by atoms with Gasteiger partial charge in [0, 0.05) is 0 Å². The summed E-state index contributed by atoms with van der Waals surface area (Å²) in [6, 6.07) is 25.6. The van der Waals surface area contributed by atoms with Gasteiger partial charge in [0.05, 0.1) is 0 Å². The highest BCUT2D eigenvalue weighted by molar-refractivity contribution is 5.82.